The Kier molecular flexibility index (Phi) is 5.39. The highest BCUT2D eigenvalue weighted by Crippen LogP contribution is 2.29. The van der Waals surface area contributed by atoms with Crippen molar-refractivity contribution in [3.05, 3.63) is 24.3 Å². The van der Waals surface area contributed by atoms with Crippen LogP contribution in [0.3, 0.4) is 0 Å². The summed E-state index contributed by atoms with van der Waals surface area (Å²) in [5.41, 5.74) is 0. The minimum atomic E-state index is -3.68. The zero-order valence-corrected chi connectivity index (χ0v) is 15.6. The molecule has 0 N–H and O–H groups in total. The van der Waals surface area contributed by atoms with Gasteiger partial charge in [0.05, 0.1) is 12.0 Å². The average molecular weight is 355 g/mol. The Bertz CT molecular complexity index is 686. The van der Waals surface area contributed by atoms with Crippen molar-refractivity contribution in [3.8, 4) is 5.75 Å². The molecule has 2 rings (SSSR count). The van der Waals surface area contributed by atoms with Crippen LogP contribution >= 0.6 is 0 Å². The van der Waals surface area contributed by atoms with Gasteiger partial charge in [-0.05, 0) is 30.2 Å². The normalized spacial score (nSPS) is 18.9. The van der Waals surface area contributed by atoms with Crippen LogP contribution in [0.2, 0.25) is 0 Å². The first-order valence-corrected chi connectivity index (χ1v) is 9.28. The molecule has 8 heteroatoms. The number of rotatable bonds is 4. The van der Waals surface area contributed by atoms with Crippen LogP contribution < -0.4 is 4.74 Å². The van der Waals surface area contributed by atoms with Gasteiger partial charge in [0.25, 0.3) is 0 Å². The number of methoxy groups -OCH3 is 1. The lowest BCUT2D eigenvalue weighted by Gasteiger charge is -2.34. The first kappa shape index (κ1) is 18.5. The Labute approximate surface area is 143 Å². The SMILES string of the molecule is COc1ccc(S(=O)(=O)N2CCN(C(=O)N(C)C)[C@@H]2C(C)C)cc1. The summed E-state index contributed by atoms with van der Waals surface area (Å²) in [4.78, 5) is 15.7. The van der Waals surface area contributed by atoms with Crippen LogP contribution in [0.15, 0.2) is 29.2 Å². The zero-order chi connectivity index (χ0) is 18.1. The first-order valence-electron chi connectivity index (χ1n) is 7.84. The number of carbonyl (C=O) groups is 1. The summed E-state index contributed by atoms with van der Waals surface area (Å²) in [6, 6.07) is 6.12. The summed E-state index contributed by atoms with van der Waals surface area (Å²) in [5.74, 6) is 0.574. The fourth-order valence-electron chi connectivity index (χ4n) is 2.93. The van der Waals surface area contributed by atoms with Crippen LogP contribution in [0.5, 0.6) is 5.75 Å². The summed E-state index contributed by atoms with van der Waals surface area (Å²) in [6.07, 6.45) is -0.494. The van der Waals surface area contributed by atoms with E-state index in [1.54, 1.807) is 31.1 Å². The van der Waals surface area contributed by atoms with E-state index in [0.717, 1.165) is 0 Å². The lowest BCUT2D eigenvalue weighted by molar-refractivity contribution is 0.129. The Hall–Kier alpha value is -1.80. The highest BCUT2D eigenvalue weighted by Gasteiger charge is 2.44. The van der Waals surface area contributed by atoms with Crippen molar-refractivity contribution in [1.82, 2.24) is 14.1 Å². The molecule has 1 atom stereocenters. The van der Waals surface area contributed by atoms with E-state index in [1.165, 1.54) is 28.4 Å². The van der Waals surface area contributed by atoms with Gasteiger partial charge in [-0.2, -0.15) is 4.31 Å². The number of hydrogen-bond acceptors (Lipinski definition) is 4. The van der Waals surface area contributed by atoms with E-state index < -0.39 is 16.2 Å². The van der Waals surface area contributed by atoms with Gasteiger partial charge in [-0.3, -0.25) is 0 Å². The lowest BCUT2D eigenvalue weighted by Crippen LogP contribution is -2.50. The van der Waals surface area contributed by atoms with Gasteiger partial charge in [-0.25, -0.2) is 13.2 Å². The highest BCUT2D eigenvalue weighted by atomic mass is 32.2. The molecule has 1 aliphatic rings. The molecule has 0 bridgehead atoms. The molecule has 0 saturated carbocycles. The van der Waals surface area contributed by atoms with E-state index in [-0.39, 0.29) is 23.4 Å². The molecule has 0 unspecified atom stereocenters. The molecule has 0 radical (unpaired) electrons. The molecular weight excluding hydrogens is 330 g/mol. The molecule has 1 aliphatic heterocycles. The molecule has 0 spiro atoms. The molecule has 1 heterocycles. The van der Waals surface area contributed by atoms with E-state index in [0.29, 0.717) is 12.3 Å². The van der Waals surface area contributed by atoms with Crippen LogP contribution in [0.4, 0.5) is 4.79 Å². The molecule has 134 valence electrons. The van der Waals surface area contributed by atoms with Crippen molar-refractivity contribution < 1.29 is 17.9 Å². The molecule has 0 aliphatic carbocycles. The van der Waals surface area contributed by atoms with E-state index >= 15 is 0 Å². The topological polar surface area (TPSA) is 70.2 Å². The van der Waals surface area contributed by atoms with Gasteiger partial charge in [0.1, 0.15) is 11.9 Å². The predicted octanol–water partition coefficient (Wildman–Crippen LogP) is 1.67. The number of nitrogens with zero attached hydrogens (tertiary/aromatic N) is 3. The number of hydrogen-bond donors (Lipinski definition) is 0. The Morgan fingerprint density at radius 2 is 1.79 bits per heavy atom. The maximum atomic E-state index is 13.0. The van der Waals surface area contributed by atoms with Crippen LogP contribution in [-0.4, -0.2) is 69.0 Å². The smallest absolute Gasteiger partial charge is 0.320 e. The largest absolute Gasteiger partial charge is 0.497 e. The molecule has 24 heavy (non-hydrogen) atoms. The second-order valence-corrected chi connectivity index (χ2v) is 8.21. The standard InChI is InChI=1S/C16H25N3O4S/c1-12(2)15-18(16(20)17(3)4)10-11-19(15)24(21,22)14-8-6-13(23-5)7-9-14/h6-9,12,15H,10-11H2,1-5H3/t15-/m0/s1. The van der Waals surface area contributed by atoms with Gasteiger partial charge in [0.15, 0.2) is 0 Å². The third kappa shape index (κ3) is 3.34. The molecule has 1 aromatic rings. The molecule has 7 nitrogen and oxygen atoms in total. The maximum absolute atomic E-state index is 13.0. The van der Waals surface area contributed by atoms with Crippen molar-refractivity contribution >= 4 is 16.1 Å². The third-order valence-corrected chi connectivity index (χ3v) is 5.95. The van der Waals surface area contributed by atoms with Gasteiger partial charge in [-0.15, -0.1) is 0 Å². The summed E-state index contributed by atoms with van der Waals surface area (Å²) < 4.78 is 32.5. The van der Waals surface area contributed by atoms with E-state index in [2.05, 4.69) is 0 Å². The number of carbonyl (C=O) groups excluding carboxylic acids is 1. The number of urea groups is 1. The van der Waals surface area contributed by atoms with Crippen molar-refractivity contribution in [3.63, 3.8) is 0 Å². The van der Waals surface area contributed by atoms with Gasteiger partial charge in [0, 0.05) is 27.2 Å². The average Bonchev–Trinajstić information content (AvgIpc) is 3.00. The molecule has 2 amide bonds. The van der Waals surface area contributed by atoms with Crippen LogP contribution in [-0.2, 0) is 10.0 Å². The van der Waals surface area contributed by atoms with Crippen LogP contribution in [0, 0.1) is 5.92 Å². The molecule has 0 aromatic heterocycles. The Morgan fingerprint density at radius 1 is 1.21 bits per heavy atom. The highest BCUT2D eigenvalue weighted by molar-refractivity contribution is 7.89. The number of sulfonamides is 1. The van der Waals surface area contributed by atoms with E-state index in [9.17, 15) is 13.2 Å². The van der Waals surface area contributed by atoms with Gasteiger partial charge in [-0.1, -0.05) is 13.8 Å². The molecule has 1 fully saturated rings. The minimum Gasteiger partial charge on any atom is -0.497 e. The second kappa shape index (κ2) is 6.98. The van der Waals surface area contributed by atoms with Gasteiger partial charge >= 0.3 is 6.03 Å². The third-order valence-electron chi connectivity index (χ3n) is 4.07. The Morgan fingerprint density at radius 3 is 2.25 bits per heavy atom. The Balaban J connectivity index is 2.36. The molecule has 1 aromatic carbocycles. The molecule has 1 saturated heterocycles. The molecular formula is C16H25N3O4S. The second-order valence-electron chi connectivity index (χ2n) is 6.32. The predicted molar refractivity (Wildman–Crippen MR) is 91.3 cm³/mol. The summed E-state index contributed by atoms with van der Waals surface area (Å²) >= 11 is 0. The van der Waals surface area contributed by atoms with Gasteiger partial charge < -0.3 is 14.5 Å². The zero-order valence-electron chi connectivity index (χ0n) is 14.8. The van der Waals surface area contributed by atoms with Crippen LogP contribution in [0.1, 0.15) is 13.8 Å². The van der Waals surface area contributed by atoms with Crippen molar-refractivity contribution in [2.24, 2.45) is 5.92 Å². The minimum absolute atomic E-state index is 0.0237. The monoisotopic (exact) mass is 355 g/mol. The first-order chi connectivity index (χ1) is 11.2. The van der Waals surface area contributed by atoms with E-state index in [1.807, 2.05) is 13.8 Å². The van der Waals surface area contributed by atoms with E-state index in [4.69, 9.17) is 4.74 Å². The number of amides is 2. The summed E-state index contributed by atoms with van der Waals surface area (Å²) in [5, 5.41) is 0. The quantitative estimate of drug-likeness (QED) is 0.824. The van der Waals surface area contributed by atoms with Gasteiger partial charge in [0.2, 0.25) is 10.0 Å². The van der Waals surface area contributed by atoms with Crippen molar-refractivity contribution in [2.75, 3.05) is 34.3 Å². The maximum Gasteiger partial charge on any atom is 0.320 e. The summed E-state index contributed by atoms with van der Waals surface area (Å²) in [6.45, 7) is 4.51. The fourth-order valence-corrected chi connectivity index (χ4v) is 4.64. The lowest BCUT2D eigenvalue weighted by atomic mass is 10.1. The fraction of sp³-hybridized carbons (Fsp3) is 0.562. The number of benzene rings is 1. The van der Waals surface area contributed by atoms with Crippen molar-refractivity contribution in [2.45, 2.75) is 24.9 Å². The summed E-state index contributed by atoms with van der Waals surface area (Å²) in [7, 11) is 1.18. The number of ether oxygens (including phenoxy) is 1. The van der Waals surface area contributed by atoms with Crippen LogP contribution in [0.25, 0.3) is 0 Å². The van der Waals surface area contributed by atoms with Crippen molar-refractivity contribution in [1.29, 1.82) is 0 Å².